The minimum atomic E-state index is 0. The van der Waals surface area contributed by atoms with E-state index in [2.05, 4.69) is 4.98 Å². The Morgan fingerprint density at radius 3 is 2.50 bits per heavy atom. The van der Waals surface area contributed by atoms with E-state index in [1.54, 1.807) is 12.3 Å². The number of pyridine rings is 1. The molecule has 1 amide bonds. The Hall–Kier alpha value is -1.13. The van der Waals surface area contributed by atoms with Crippen molar-refractivity contribution in [1.29, 1.82) is 0 Å². The van der Waals surface area contributed by atoms with Crippen molar-refractivity contribution in [1.82, 2.24) is 9.88 Å². The zero-order chi connectivity index (χ0) is 14.7. The second kappa shape index (κ2) is 7.42. The predicted molar refractivity (Wildman–Crippen MR) is 90.0 cm³/mol. The maximum atomic E-state index is 12.6. The molecule has 122 valence electrons. The highest BCUT2D eigenvalue weighted by molar-refractivity contribution is 5.94. The third-order valence-electron chi connectivity index (χ3n) is 5.30. The summed E-state index contributed by atoms with van der Waals surface area (Å²) < 4.78 is 0. The molecule has 0 bridgehead atoms. The van der Waals surface area contributed by atoms with Gasteiger partial charge >= 0.3 is 0 Å². The Morgan fingerprint density at radius 1 is 1.18 bits per heavy atom. The van der Waals surface area contributed by atoms with Crippen molar-refractivity contribution < 1.29 is 4.79 Å². The summed E-state index contributed by atoms with van der Waals surface area (Å²) in [4.78, 5) is 18.8. The molecule has 1 aliphatic heterocycles. The number of rotatable bonds is 2. The van der Waals surface area contributed by atoms with Gasteiger partial charge in [0.1, 0.15) is 0 Å². The molecule has 4 nitrogen and oxygen atoms in total. The third kappa shape index (κ3) is 3.61. The van der Waals surface area contributed by atoms with Crippen LogP contribution in [0.1, 0.15) is 61.0 Å². The number of aromatic nitrogens is 1. The van der Waals surface area contributed by atoms with E-state index in [1.807, 2.05) is 11.0 Å². The lowest BCUT2D eigenvalue weighted by Crippen LogP contribution is -2.43. The van der Waals surface area contributed by atoms with Gasteiger partial charge in [0.25, 0.3) is 5.91 Å². The Balaban J connectivity index is 0.00000176. The quantitative estimate of drug-likeness (QED) is 0.909. The van der Waals surface area contributed by atoms with Gasteiger partial charge < -0.3 is 10.6 Å². The molecular formula is C17H26ClN3O. The molecule has 5 heteroatoms. The van der Waals surface area contributed by atoms with Crippen molar-refractivity contribution in [2.45, 2.75) is 51.5 Å². The van der Waals surface area contributed by atoms with Crippen molar-refractivity contribution in [2.75, 3.05) is 13.1 Å². The number of amides is 1. The first-order valence-corrected chi connectivity index (χ1v) is 8.17. The monoisotopic (exact) mass is 323 g/mol. The Bertz CT molecular complexity index is 504. The number of carbonyl (C=O) groups excluding carboxylic acids is 1. The third-order valence-corrected chi connectivity index (χ3v) is 5.30. The van der Waals surface area contributed by atoms with E-state index in [4.69, 9.17) is 5.73 Å². The summed E-state index contributed by atoms with van der Waals surface area (Å²) in [5.74, 6) is 0.137. The van der Waals surface area contributed by atoms with E-state index in [9.17, 15) is 4.79 Å². The Kier molecular flexibility index (Phi) is 5.81. The van der Waals surface area contributed by atoms with Crippen LogP contribution >= 0.6 is 12.4 Å². The zero-order valence-electron chi connectivity index (χ0n) is 13.1. The molecule has 22 heavy (non-hydrogen) atoms. The van der Waals surface area contributed by atoms with Gasteiger partial charge in [-0.1, -0.05) is 19.3 Å². The van der Waals surface area contributed by atoms with E-state index in [0.29, 0.717) is 12.0 Å². The number of piperidine rings is 1. The molecule has 2 fully saturated rings. The molecule has 1 aromatic heterocycles. The molecule has 1 aliphatic carbocycles. The maximum Gasteiger partial charge on any atom is 0.253 e. The number of carbonyl (C=O) groups is 1. The van der Waals surface area contributed by atoms with Crippen molar-refractivity contribution in [3.8, 4) is 0 Å². The van der Waals surface area contributed by atoms with Gasteiger partial charge in [-0.2, -0.15) is 0 Å². The fourth-order valence-corrected chi connectivity index (χ4v) is 3.89. The molecule has 0 unspecified atom stereocenters. The average molecular weight is 324 g/mol. The second-order valence-corrected chi connectivity index (χ2v) is 6.59. The number of hydrogen-bond acceptors (Lipinski definition) is 3. The van der Waals surface area contributed by atoms with Crippen LogP contribution in [0.25, 0.3) is 0 Å². The molecule has 1 saturated carbocycles. The zero-order valence-corrected chi connectivity index (χ0v) is 13.9. The highest BCUT2D eigenvalue weighted by atomic mass is 35.5. The molecule has 0 radical (unpaired) electrons. The van der Waals surface area contributed by atoms with Crippen molar-refractivity contribution in [3.05, 3.63) is 29.6 Å². The molecular weight excluding hydrogens is 298 g/mol. The summed E-state index contributed by atoms with van der Waals surface area (Å²) in [6.45, 7) is 2.18. The molecule has 1 spiro atoms. The first-order chi connectivity index (χ1) is 10.2. The Labute approximate surface area is 138 Å². The van der Waals surface area contributed by atoms with Crippen LogP contribution < -0.4 is 5.73 Å². The van der Waals surface area contributed by atoms with Gasteiger partial charge in [0.05, 0.1) is 5.69 Å². The molecule has 2 N–H and O–H groups in total. The first-order valence-electron chi connectivity index (χ1n) is 8.17. The topological polar surface area (TPSA) is 59.2 Å². The standard InChI is InChI=1S/C17H25N3O.ClH/c18-13-15-12-14(4-9-19-15)16(21)20-10-7-17(8-11-20)5-2-1-3-6-17;/h4,9,12H,1-3,5-8,10-11,13,18H2;1H. The Morgan fingerprint density at radius 2 is 1.86 bits per heavy atom. The number of nitrogens with zero attached hydrogens (tertiary/aromatic N) is 2. The number of halogens is 1. The number of likely N-dealkylation sites (tertiary alicyclic amines) is 1. The van der Waals surface area contributed by atoms with Gasteiger partial charge in [-0.3, -0.25) is 9.78 Å². The van der Waals surface area contributed by atoms with E-state index in [-0.39, 0.29) is 18.3 Å². The molecule has 0 atom stereocenters. The molecule has 0 aromatic carbocycles. The molecule has 3 rings (SSSR count). The summed E-state index contributed by atoms with van der Waals surface area (Å²) in [6, 6.07) is 3.62. The number of nitrogens with two attached hydrogens (primary N) is 1. The van der Waals surface area contributed by atoms with Crippen LogP contribution in [0.5, 0.6) is 0 Å². The minimum absolute atomic E-state index is 0. The van der Waals surface area contributed by atoms with E-state index >= 15 is 0 Å². The first kappa shape index (κ1) is 17.2. The highest BCUT2D eigenvalue weighted by Crippen LogP contribution is 2.44. The lowest BCUT2D eigenvalue weighted by Gasteiger charge is -2.44. The lowest BCUT2D eigenvalue weighted by molar-refractivity contribution is 0.0472. The van der Waals surface area contributed by atoms with Crippen molar-refractivity contribution in [3.63, 3.8) is 0 Å². The van der Waals surface area contributed by atoms with Crippen LogP contribution in [0.3, 0.4) is 0 Å². The molecule has 2 heterocycles. The highest BCUT2D eigenvalue weighted by Gasteiger charge is 2.36. The van der Waals surface area contributed by atoms with Crippen molar-refractivity contribution in [2.24, 2.45) is 11.1 Å². The van der Waals surface area contributed by atoms with Crippen LogP contribution in [0, 0.1) is 5.41 Å². The fraction of sp³-hybridized carbons (Fsp3) is 0.647. The normalized spacial score (nSPS) is 20.5. The lowest BCUT2D eigenvalue weighted by atomic mass is 9.68. The summed E-state index contributed by atoms with van der Waals surface area (Å²) in [5, 5.41) is 0. The van der Waals surface area contributed by atoms with E-state index in [1.165, 1.54) is 44.9 Å². The molecule has 2 aliphatic rings. The number of hydrogen-bond donors (Lipinski definition) is 1. The van der Waals surface area contributed by atoms with Crippen LogP contribution in [0.4, 0.5) is 0 Å². The maximum absolute atomic E-state index is 12.6. The summed E-state index contributed by atoms with van der Waals surface area (Å²) in [5.41, 5.74) is 7.65. The summed E-state index contributed by atoms with van der Waals surface area (Å²) >= 11 is 0. The van der Waals surface area contributed by atoms with Crippen LogP contribution in [-0.2, 0) is 6.54 Å². The minimum Gasteiger partial charge on any atom is -0.339 e. The van der Waals surface area contributed by atoms with Crippen LogP contribution in [-0.4, -0.2) is 28.9 Å². The summed E-state index contributed by atoms with van der Waals surface area (Å²) in [7, 11) is 0. The van der Waals surface area contributed by atoms with Gasteiger partial charge in [0.15, 0.2) is 0 Å². The largest absolute Gasteiger partial charge is 0.339 e. The van der Waals surface area contributed by atoms with E-state index < -0.39 is 0 Å². The average Bonchev–Trinajstić information content (AvgIpc) is 2.56. The van der Waals surface area contributed by atoms with Crippen LogP contribution in [0.2, 0.25) is 0 Å². The van der Waals surface area contributed by atoms with Gasteiger partial charge in [0.2, 0.25) is 0 Å². The van der Waals surface area contributed by atoms with Gasteiger partial charge in [-0.25, -0.2) is 0 Å². The molecule has 1 aromatic rings. The van der Waals surface area contributed by atoms with Gasteiger partial charge in [-0.05, 0) is 43.2 Å². The SMILES string of the molecule is Cl.NCc1cc(C(=O)N2CCC3(CCCCC3)CC2)ccn1. The van der Waals surface area contributed by atoms with E-state index in [0.717, 1.165) is 24.3 Å². The van der Waals surface area contributed by atoms with Crippen molar-refractivity contribution >= 4 is 18.3 Å². The summed E-state index contributed by atoms with van der Waals surface area (Å²) in [6.07, 6.45) is 10.9. The molecule has 1 saturated heterocycles. The second-order valence-electron chi connectivity index (χ2n) is 6.59. The predicted octanol–water partition coefficient (Wildman–Crippen LogP) is 3.15. The van der Waals surface area contributed by atoms with Crippen LogP contribution in [0.15, 0.2) is 18.3 Å². The smallest absolute Gasteiger partial charge is 0.253 e. The van der Waals surface area contributed by atoms with Gasteiger partial charge in [0, 0.05) is 31.4 Å². The van der Waals surface area contributed by atoms with Gasteiger partial charge in [-0.15, -0.1) is 12.4 Å². The fourth-order valence-electron chi connectivity index (χ4n) is 3.89.